The smallest absolute Gasteiger partial charge is 0.119 e. The third kappa shape index (κ3) is 11.0. The Morgan fingerprint density at radius 1 is 0.826 bits per heavy atom. The molecule has 1 nitrogen and oxygen atoms in total. The maximum absolute atomic E-state index is 5.27. The molecule has 1 aromatic carbocycles. The number of hydrogen-bond acceptors (Lipinski definition) is 1. The minimum Gasteiger partial charge on any atom is -0.497 e. The van der Waals surface area contributed by atoms with Gasteiger partial charge < -0.3 is 4.74 Å². The second-order valence-corrected chi connectivity index (χ2v) is 6.48. The summed E-state index contributed by atoms with van der Waals surface area (Å²) < 4.78 is 5.27. The van der Waals surface area contributed by atoms with Crippen LogP contribution in [-0.4, -0.2) is 7.11 Å². The molecule has 0 spiro atoms. The van der Waals surface area contributed by atoms with E-state index in [0.29, 0.717) is 0 Å². The van der Waals surface area contributed by atoms with Gasteiger partial charge in [-0.25, -0.2) is 0 Å². The zero-order chi connectivity index (χ0) is 16.6. The van der Waals surface area contributed by atoms with Crippen molar-refractivity contribution in [1.29, 1.82) is 0 Å². The van der Waals surface area contributed by atoms with Gasteiger partial charge in [0, 0.05) is 0 Å². The van der Waals surface area contributed by atoms with E-state index in [1.165, 1.54) is 82.6 Å². The van der Waals surface area contributed by atoms with Crippen LogP contribution in [0, 0.1) is 0 Å². The molecule has 1 rings (SSSR count). The zero-order valence-corrected chi connectivity index (χ0v) is 15.4. The van der Waals surface area contributed by atoms with E-state index in [1.54, 1.807) is 7.11 Å². The Balaban J connectivity index is 1.90. The van der Waals surface area contributed by atoms with Crippen molar-refractivity contribution in [3.8, 4) is 5.75 Å². The summed E-state index contributed by atoms with van der Waals surface area (Å²) >= 11 is 0. The third-order valence-corrected chi connectivity index (χ3v) is 4.36. The molecule has 0 unspecified atom stereocenters. The molecule has 0 atom stereocenters. The highest BCUT2D eigenvalue weighted by Crippen LogP contribution is 2.15. The van der Waals surface area contributed by atoms with Crippen LogP contribution in [0.1, 0.15) is 83.1 Å². The first-order valence-corrected chi connectivity index (χ1v) is 9.64. The van der Waals surface area contributed by atoms with Crippen molar-refractivity contribution in [2.75, 3.05) is 7.11 Å². The van der Waals surface area contributed by atoms with Gasteiger partial charge in [0.15, 0.2) is 0 Å². The Morgan fingerprint density at radius 3 is 2.17 bits per heavy atom. The normalized spacial score (nSPS) is 11.2. The van der Waals surface area contributed by atoms with Gasteiger partial charge in [-0.05, 0) is 56.2 Å². The van der Waals surface area contributed by atoms with E-state index in [1.807, 2.05) is 6.07 Å². The third-order valence-electron chi connectivity index (χ3n) is 4.36. The molecule has 0 aliphatic heterocycles. The number of benzene rings is 1. The number of ether oxygens (including phenoxy) is 1. The van der Waals surface area contributed by atoms with Crippen LogP contribution in [0.15, 0.2) is 36.4 Å². The van der Waals surface area contributed by atoms with Crippen LogP contribution in [0.25, 0.3) is 0 Å². The van der Waals surface area contributed by atoms with Crippen LogP contribution in [-0.2, 0) is 6.42 Å². The molecule has 0 saturated carbocycles. The Morgan fingerprint density at radius 2 is 1.48 bits per heavy atom. The Kier molecular flexibility index (Phi) is 12.4. The van der Waals surface area contributed by atoms with Crippen LogP contribution in [0.5, 0.6) is 5.75 Å². The number of methoxy groups -OCH3 is 1. The van der Waals surface area contributed by atoms with Crippen molar-refractivity contribution in [2.45, 2.75) is 84.0 Å². The molecule has 0 aromatic heterocycles. The van der Waals surface area contributed by atoms with E-state index < -0.39 is 0 Å². The van der Waals surface area contributed by atoms with Crippen molar-refractivity contribution < 1.29 is 4.74 Å². The van der Waals surface area contributed by atoms with Gasteiger partial charge in [0.2, 0.25) is 0 Å². The SMILES string of the molecule is CCCCCC/C=C/CCCCCCCc1cccc(OC)c1. The molecule has 130 valence electrons. The first-order chi connectivity index (χ1) is 11.4. The summed E-state index contributed by atoms with van der Waals surface area (Å²) in [7, 11) is 1.73. The van der Waals surface area contributed by atoms with Crippen LogP contribution in [0.2, 0.25) is 0 Å². The standard InChI is InChI=1S/C22H36O/c1-3-4-5-6-7-8-9-10-11-12-13-14-15-17-21-18-16-19-22(20-21)23-2/h8-9,16,18-20H,3-7,10-15,17H2,1-2H3/b9-8+. The quantitative estimate of drug-likeness (QED) is 0.262. The number of aryl methyl sites for hydroxylation is 1. The largest absolute Gasteiger partial charge is 0.497 e. The van der Waals surface area contributed by atoms with E-state index in [2.05, 4.69) is 37.3 Å². The van der Waals surface area contributed by atoms with Crippen LogP contribution < -0.4 is 4.74 Å². The minimum absolute atomic E-state index is 0.976. The highest BCUT2D eigenvalue weighted by molar-refractivity contribution is 5.28. The van der Waals surface area contributed by atoms with Gasteiger partial charge in [0.25, 0.3) is 0 Å². The molecule has 0 fully saturated rings. The Labute approximate surface area is 144 Å². The second-order valence-electron chi connectivity index (χ2n) is 6.48. The van der Waals surface area contributed by atoms with E-state index >= 15 is 0 Å². The number of hydrogen-bond donors (Lipinski definition) is 0. The fraction of sp³-hybridized carbons (Fsp3) is 0.636. The lowest BCUT2D eigenvalue weighted by atomic mass is 10.0. The molecule has 0 saturated heterocycles. The van der Waals surface area contributed by atoms with E-state index in [0.717, 1.165) is 5.75 Å². The second kappa shape index (κ2) is 14.4. The van der Waals surface area contributed by atoms with E-state index in [4.69, 9.17) is 4.74 Å². The molecule has 1 heteroatoms. The monoisotopic (exact) mass is 316 g/mol. The highest BCUT2D eigenvalue weighted by Gasteiger charge is 1.96. The first-order valence-electron chi connectivity index (χ1n) is 9.64. The number of unbranched alkanes of at least 4 members (excludes halogenated alkanes) is 9. The summed E-state index contributed by atoms with van der Waals surface area (Å²) in [5, 5.41) is 0. The molecule has 0 heterocycles. The van der Waals surface area contributed by atoms with Gasteiger partial charge in [-0.1, -0.05) is 69.7 Å². The average molecular weight is 317 g/mol. The lowest BCUT2D eigenvalue weighted by Gasteiger charge is -2.04. The van der Waals surface area contributed by atoms with Crippen molar-refractivity contribution in [2.24, 2.45) is 0 Å². The van der Waals surface area contributed by atoms with Crippen LogP contribution >= 0.6 is 0 Å². The van der Waals surface area contributed by atoms with Crippen molar-refractivity contribution in [3.05, 3.63) is 42.0 Å². The van der Waals surface area contributed by atoms with Gasteiger partial charge in [-0.15, -0.1) is 0 Å². The average Bonchev–Trinajstić information content (AvgIpc) is 2.59. The molecule has 0 N–H and O–H groups in total. The number of allylic oxidation sites excluding steroid dienone is 2. The minimum atomic E-state index is 0.976. The van der Waals surface area contributed by atoms with Crippen molar-refractivity contribution >= 4 is 0 Å². The zero-order valence-electron chi connectivity index (χ0n) is 15.4. The van der Waals surface area contributed by atoms with E-state index in [9.17, 15) is 0 Å². The van der Waals surface area contributed by atoms with Gasteiger partial charge in [0.1, 0.15) is 5.75 Å². The molecule has 0 amide bonds. The molecule has 0 radical (unpaired) electrons. The topological polar surface area (TPSA) is 9.23 Å². The summed E-state index contributed by atoms with van der Waals surface area (Å²) in [5.41, 5.74) is 1.40. The van der Waals surface area contributed by atoms with Gasteiger partial charge >= 0.3 is 0 Å². The predicted octanol–water partition coefficient (Wildman–Crippen LogP) is 7.10. The maximum atomic E-state index is 5.27. The van der Waals surface area contributed by atoms with Crippen LogP contribution in [0.4, 0.5) is 0 Å². The maximum Gasteiger partial charge on any atom is 0.119 e. The summed E-state index contributed by atoms with van der Waals surface area (Å²) in [4.78, 5) is 0. The Hall–Kier alpha value is -1.24. The summed E-state index contributed by atoms with van der Waals surface area (Å²) in [6, 6.07) is 8.46. The summed E-state index contributed by atoms with van der Waals surface area (Å²) in [6.07, 6.45) is 20.7. The molecule has 1 aromatic rings. The fourth-order valence-electron chi connectivity index (χ4n) is 2.87. The molecule has 0 aliphatic carbocycles. The van der Waals surface area contributed by atoms with Crippen LogP contribution in [0.3, 0.4) is 0 Å². The van der Waals surface area contributed by atoms with E-state index in [-0.39, 0.29) is 0 Å². The van der Waals surface area contributed by atoms with Crippen molar-refractivity contribution in [1.82, 2.24) is 0 Å². The molecule has 23 heavy (non-hydrogen) atoms. The molecular formula is C22H36O. The van der Waals surface area contributed by atoms with Gasteiger partial charge in [0.05, 0.1) is 7.11 Å². The lowest BCUT2D eigenvalue weighted by molar-refractivity contribution is 0.414. The predicted molar refractivity (Wildman–Crippen MR) is 102 cm³/mol. The molecule has 0 aliphatic rings. The first kappa shape index (κ1) is 19.8. The molecule has 0 bridgehead atoms. The summed E-state index contributed by atoms with van der Waals surface area (Å²) in [6.45, 7) is 2.27. The van der Waals surface area contributed by atoms with Gasteiger partial charge in [-0.2, -0.15) is 0 Å². The summed E-state index contributed by atoms with van der Waals surface area (Å²) in [5.74, 6) is 0.976. The van der Waals surface area contributed by atoms with Gasteiger partial charge in [-0.3, -0.25) is 0 Å². The fourth-order valence-corrected chi connectivity index (χ4v) is 2.87. The Bertz CT molecular complexity index is 408. The number of rotatable bonds is 14. The highest BCUT2D eigenvalue weighted by atomic mass is 16.5. The molecular weight excluding hydrogens is 280 g/mol. The lowest BCUT2D eigenvalue weighted by Crippen LogP contribution is -1.88. The van der Waals surface area contributed by atoms with Crippen molar-refractivity contribution in [3.63, 3.8) is 0 Å².